The van der Waals surface area contributed by atoms with E-state index in [1.807, 2.05) is 14.1 Å². The molecule has 2 heterocycles. The Kier molecular flexibility index (Phi) is 4.27. The van der Waals surface area contributed by atoms with Gasteiger partial charge in [-0.05, 0) is 27.1 Å². The lowest BCUT2D eigenvalue weighted by molar-refractivity contribution is 0.0947. The van der Waals surface area contributed by atoms with Crippen LogP contribution in [-0.4, -0.2) is 66.1 Å². The zero-order valence-electron chi connectivity index (χ0n) is 10.9. The topological polar surface area (TPSA) is 75.1 Å². The molecule has 18 heavy (non-hydrogen) atoms. The summed E-state index contributed by atoms with van der Waals surface area (Å²) in [5.74, 6) is -0.146. The summed E-state index contributed by atoms with van der Waals surface area (Å²) < 4.78 is 1.76. The normalized spacial score (nSPS) is 15.7. The number of aromatic nitrogens is 3. The van der Waals surface area contributed by atoms with Crippen molar-refractivity contribution in [3.8, 4) is 0 Å². The molecule has 0 saturated carbocycles. The van der Waals surface area contributed by atoms with Crippen molar-refractivity contribution in [3.63, 3.8) is 0 Å². The van der Waals surface area contributed by atoms with Crippen LogP contribution >= 0.6 is 0 Å². The van der Waals surface area contributed by atoms with Gasteiger partial charge in [0.1, 0.15) is 0 Å². The molecule has 7 nitrogen and oxygen atoms in total. The Hall–Kier alpha value is -1.47. The third-order valence-electron chi connectivity index (χ3n) is 2.94. The van der Waals surface area contributed by atoms with Crippen molar-refractivity contribution < 1.29 is 4.79 Å². The first kappa shape index (κ1) is 13.0. The molecule has 1 amide bonds. The number of hydrogen-bond acceptors (Lipinski definition) is 5. The number of nitrogens with one attached hydrogen (secondary N) is 2. The van der Waals surface area contributed by atoms with Gasteiger partial charge < -0.3 is 15.5 Å². The Morgan fingerprint density at radius 2 is 2.39 bits per heavy atom. The van der Waals surface area contributed by atoms with E-state index in [0.717, 1.165) is 26.1 Å². The molecule has 0 aromatic carbocycles. The van der Waals surface area contributed by atoms with Gasteiger partial charge in [-0.1, -0.05) is 5.21 Å². The summed E-state index contributed by atoms with van der Waals surface area (Å²) in [5.41, 5.74) is 0.395. The fourth-order valence-corrected chi connectivity index (χ4v) is 1.71. The monoisotopic (exact) mass is 252 g/mol. The molecule has 2 N–H and O–H groups in total. The molecule has 0 atom stereocenters. The quantitative estimate of drug-likeness (QED) is 0.642. The second-order valence-corrected chi connectivity index (χ2v) is 4.81. The average molecular weight is 252 g/mol. The summed E-state index contributed by atoms with van der Waals surface area (Å²) in [6, 6.07) is 0.341. The Balaban J connectivity index is 1.76. The minimum atomic E-state index is -0.146. The van der Waals surface area contributed by atoms with E-state index in [9.17, 15) is 4.79 Å². The fourth-order valence-electron chi connectivity index (χ4n) is 1.71. The molecule has 1 saturated heterocycles. The SMILES string of the molecule is CN(C)CCCNC(=O)c1cn(C2CNC2)nn1. The van der Waals surface area contributed by atoms with Crippen LogP contribution in [0.3, 0.4) is 0 Å². The third kappa shape index (κ3) is 3.27. The summed E-state index contributed by atoms with van der Waals surface area (Å²) in [6.07, 6.45) is 2.65. The number of rotatable bonds is 6. The number of nitrogens with zero attached hydrogens (tertiary/aromatic N) is 4. The van der Waals surface area contributed by atoms with E-state index in [2.05, 4.69) is 25.8 Å². The molecule has 1 fully saturated rings. The van der Waals surface area contributed by atoms with E-state index in [4.69, 9.17) is 0 Å². The average Bonchev–Trinajstić information content (AvgIpc) is 2.70. The number of hydrogen-bond donors (Lipinski definition) is 2. The lowest BCUT2D eigenvalue weighted by atomic mass is 10.2. The van der Waals surface area contributed by atoms with E-state index in [0.29, 0.717) is 18.3 Å². The molecule has 0 unspecified atom stereocenters. The predicted octanol–water partition coefficient (Wildman–Crippen LogP) is -0.896. The number of amides is 1. The molecule has 2 rings (SSSR count). The van der Waals surface area contributed by atoms with Crippen molar-refractivity contribution in [2.75, 3.05) is 40.3 Å². The van der Waals surface area contributed by atoms with Crippen molar-refractivity contribution in [2.24, 2.45) is 0 Å². The minimum absolute atomic E-state index is 0.146. The summed E-state index contributed by atoms with van der Waals surface area (Å²) in [7, 11) is 4.03. The van der Waals surface area contributed by atoms with Gasteiger partial charge in [0, 0.05) is 19.6 Å². The Morgan fingerprint density at radius 3 is 3.00 bits per heavy atom. The molecule has 1 aliphatic rings. The largest absolute Gasteiger partial charge is 0.351 e. The summed E-state index contributed by atoms with van der Waals surface area (Å²) in [5, 5.41) is 13.9. The van der Waals surface area contributed by atoms with E-state index < -0.39 is 0 Å². The van der Waals surface area contributed by atoms with Gasteiger partial charge in [-0.15, -0.1) is 5.10 Å². The molecule has 1 aromatic heterocycles. The molecule has 1 aromatic rings. The van der Waals surface area contributed by atoms with Crippen LogP contribution in [0.25, 0.3) is 0 Å². The zero-order valence-corrected chi connectivity index (χ0v) is 10.9. The maximum Gasteiger partial charge on any atom is 0.273 e. The molecule has 1 aliphatic heterocycles. The van der Waals surface area contributed by atoms with Gasteiger partial charge in [-0.2, -0.15) is 0 Å². The van der Waals surface area contributed by atoms with Gasteiger partial charge in [0.05, 0.1) is 12.2 Å². The maximum atomic E-state index is 11.8. The second-order valence-electron chi connectivity index (χ2n) is 4.81. The van der Waals surface area contributed by atoms with E-state index in [1.54, 1.807) is 10.9 Å². The highest BCUT2D eigenvalue weighted by atomic mass is 16.2. The molecule has 0 spiro atoms. The van der Waals surface area contributed by atoms with Crippen molar-refractivity contribution in [1.29, 1.82) is 0 Å². The van der Waals surface area contributed by atoms with Crippen molar-refractivity contribution in [3.05, 3.63) is 11.9 Å². The van der Waals surface area contributed by atoms with Crippen molar-refractivity contribution in [1.82, 2.24) is 30.5 Å². The third-order valence-corrected chi connectivity index (χ3v) is 2.94. The van der Waals surface area contributed by atoms with Gasteiger partial charge in [-0.3, -0.25) is 4.79 Å². The van der Waals surface area contributed by atoms with Gasteiger partial charge in [0.25, 0.3) is 5.91 Å². The van der Waals surface area contributed by atoms with Crippen LogP contribution in [0.5, 0.6) is 0 Å². The van der Waals surface area contributed by atoms with E-state index in [-0.39, 0.29) is 5.91 Å². The Morgan fingerprint density at radius 1 is 1.61 bits per heavy atom. The zero-order chi connectivity index (χ0) is 13.0. The van der Waals surface area contributed by atoms with Crippen LogP contribution in [0.2, 0.25) is 0 Å². The van der Waals surface area contributed by atoms with Crippen LogP contribution in [-0.2, 0) is 0 Å². The first-order chi connectivity index (χ1) is 8.66. The highest BCUT2D eigenvalue weighted by Crippen LogP contribution is 2.09. The van der Waals surface area contributed by atoms with Crippen molar-refractivity contribution in [2.45, 2.75) is 12.5 Å². The summed E-state index contributed by atoms with van der Waals surface area (Å²) in [4.78, 5) is 13.9. The predicted molar refractivity (Wildman–Crippen MR) is 67.4 cm³/mol. The molecule has 0 radical (unpaired) electrons. The smallest absolute Gasteiger partial charge is 0.273 e. The molecule has 0 bridgehead atoms. The first-order valence-corrected chi connectivity index (χ1v) is 6.22. The van der Waals surface area contributed by atoms with Crippen molar-refractivity contribution >= 4 is 5.91 Å². The highest BCUT2D eigenvalue weighted by molar-refractivity contribution is 5.91. The fraction of sp³-hybridized carbons (Fsp3) is 0.727. The Bertz CT molecular complexity index is 398. The lowest BCUT2D eigenvalue weighted by Gasteiger charge is -2.26. The van der Waals surface area contributed by atoms with E-state index in [1.165, 1.54) is 0 Å². The number of carbonyl (C=O) groups excluding carboxylic acids is 1. The lowest BCUT2D eigenvalue weighted by Crippen LogP contribution is -2.43. The van der Waals surface area contributed by atoms with Crippen LogP contribution in [0, 0.1) is 0 Å². The van der Waals surface area contributed by atoms with Gasteiger partial charge in [0.15, 0.2) is 5.69 Å². The van der Waals surface area contributed by atoms with E-state index >= 15 is 0 Å². The summed E-state index contributed by atoms with van der Waals surface area (Å²) in [6.45, 7) is 3.41. The maximum absolute atomic E-state index is 11.8. The van der Waals surface area contributed by atoms with Gasteiger partial charge >= 0.3 is 0 Å². The first-order valence-electron chi connectivity index (χ1n) is 6.22. The molecule has 0 aliphatic carbocycles. The Labute approximate surface area is 107 Å². The molecular weight excluding hydrogens is 232 g/mol. The molecule has 7 heteroatoms. The highest BCUT2D eigenvalue weighted by Gasteiger charge is 2.21. The van der Waals surface area contributed by atoms with Crippen LogP contribution < -0.4 is 10.6 Å². The standard InChI is InChI=1S/C11H20N6O/c1-16(2)5-3-4-13-11(18)10-8-17(15-14-10)9-6-12-7-9/h8-9,12H,3-7H2,1-2H3,(H,13,18). The second kappa shape index (κ2) is 5.92. The number of carbonyl (C=O) groups is 1. The summed E-state index contributed by atoms with van der Waals surface area (Å²) >= 11 is 0. The van der Waals surface area contributed by atoms with Crippen LogP contribution in [0.4, 0.5) is 0 Å². The molecule has 100 valence electrons. The van der Waals surface area contributed by atoms with Crippen LogP contribution in [0.1, 0.15) is 23.0 Å². The molecular formula is C11H20N6O. The van der Waals surface area contributed by atoms with Gasteiger partial charge in [0.2, 0.25) is 0 Å². The van der Waals surface area contributed by atoms with Gasteiger partial charge in [-0.25, -0.2) is 4.68 Å². The minimum Gasteiger partial charge on any atom is -0.351 e. The van der Waals surface area contributed by atoms with Crippen LogP contribution in [0.15, 0.2) is 6.20 Å².